The number of rotatable bonds is 6. The molecule has 0 atom stereocenters. The number of nitrogens with zero attached hydrogens (tertiary/aromatic N) is 2. The Hall–Kier alpha value is -4.62. The van der Waals surface area contributed by atoms with Gasteiger partial charge in [-0.15, -0.1) is 0 Å². The van der Waals surface area contributed by atoms with Gasteiger partial charge < -0.3 is 14.6 Å². The molecule has 0 fully saturated rings. The van der Waals surface area contributed by atoms with Crippen molar-refractivity contribution in [3.63, 3.8) is 0 Å². The van der Waals surface area contributed by atoms with E-state index in [1.165, 1.54) is 44.8 Å². The molecule has 4 aromatic rings. The van der Waals surface area contributed by atoms with E-state index in [1.54, 1.807) is 36.4 Å². The number of fused-ring (bicyclic) bond motifs is 1. The van der Waals surface area contributed by atoms with E-state index in [4.69, 9.17) is 14.6 Å². The average molecular weight is 490 g/mol. The number of hydrogen-bond donors (Lipinski definition) is 2. The van der Waals surface area contributed by atoms with Gasteiger partial charge in [0.15, 0.2) is 0 Å². The van der Waals surface area contributed by atoms with Crippen LogP contribution in [-0.4, -0.2) is 43.7 Å². The van der Waals surface area contributed by atoms with Crippen LogP contribution in [0.3, 0.4) is 0 Å². The monoisotopic (exact) mass is 489 g/mol. The lowest BCUT2D eigenvalue weighted by Crippen LogP contribution is -2.15. The van der Waals surface area contributed by atoms with Crippen LogP contribution in [0.15, 0.2) is 71.9 Å². The molecule has 0 aliphatic carbocycles. The first-order chi connectivity index (χ1) is 16.8. The summed E-state index contributed by atoms with van der Waals surface area (Å²) in [5.41, 5.74) is 1.20. The van der Waals surface area contributed by atoms with Gasteiger partial charge in [0.2, 0.25) is 0 Å². The molecule has 0 saturated carbocycles. The number of carboxylic acid groups (broad SMARTS) is 1. The standard InChI is InChI=1S/C25H19N3O6S/c1-33-18-8-10-20(17(14-18)7-5-16-6-9-21(25(29)30)27-15-16)28-35(31,32)23-12-11-22(34-2)19-4-3-13-26-24(19)23/h3-4,6,8-15,28H,1-2H3,(H,29,30). The minimum absolute atomic E-state index is 0.0166. The molecule has 0 radical (unpaired) electrons. The molecule has 0 bridgehead atoms. The fourth-order valence-electron chi connectivity index (χ4n) is 3.29. The zero-order valence-electron chi connectivity index (χ0n) is 18.6. The van der Waals surface area contributed by atoms with Crippen LogP contribution >= 0.6 is 0 Å². The molecule has 0 amide bonds. The second-order valence-corrected chi connectivity index (χ2v) is 8.82. The summed E-state index contributed by atoms with van der Waals surface area (Å²) in [6.45, 7) is 0. The molecular formula is C25H19N3O6S. The second kappa shape index (κ2) is 9.70. The lowest BCUT2D eigenvalue weighted by Gasteiger charge is -2.13. The first kappa shape index (κ1) is 23.5. The molecule has 0 saturated heterocycles. The summed E-state index contributed by atoms with van der Waals surface area (Å²) < 4.78 is 39.9. The van der Waals surface area contributed by atoms with Crippen molar-refractivity contribution in [1.29, 1.82) is 0 Å². The normalized spacial score (nSPS) is 10.8. The lowest BCUT2D eigenvalue weighted by molar-refractivity contribution is 0.0690. The maximum atomic E-state index is 13.4. The highest BCUT2D eigenvalue weighted by Gasteiger charge is 2.21. The molecule has 2 N–H and O–H groups in total. The summed E-state index contributed by atoms with van der Waals surface area (Å²) in [5, 5.41) is 9.55. The molecule has 0 spiro atoms. The van der Waals surface area contributed by atoms with Crippen LogP contribution in [0, 0.1) is 11.8 Å². The highest BCUT2D eigenvalue weighted by atomic mass is 32.2. The zero-order chi connectivity index (χ0) is 25.0. The first-order valence-corrected chi connectivity index (χ1v) is 11.6. The van der Waals surface area contributed by atoms with E-state index in [9.17, 15) is 13.2 Å². The molecule has 0 aliphatic heterocycles. The van der Waals surface area contributed by atoms with Crippen molar-refractivity contribution < 1.29 is 27.8 Å². The minimum atomic E-state index is -4.06. The smallest absolute Gasteiger partial charge is 0.354 e. The Bertz CT molecular complexity index is 1590. The summed E-state index contributed by atoms with van der Waals surface area (Å²) in [6.07, 6.45) is 2.84. The van der Waals surface area contributed by atoms with Crippen LogP contribution in [0.5, 0.6) is 11.5 Å². The number of anilines is 1. The van der Waals surface area contributed by atoms with E-state index in [0.29, 0.717) is 28.0 Å². The molecule has 0 unspecified atom stereocenters. The van der Waals surface area contributed by atoms with Crippen LogP contribution in [0.25, 0.3) is 10.9 Å². The third-order valence-corrected chi connectivity index (χ3v) is 6.39. The summed E-state index contributed by atoms with van der Waals surface area (Å²) in [7, 11) is -1.07. The number of nitrogens with one attached hydrogen (secondary N) is 1. The van der Waals surface area contributed by atoms with E-state index in [0.717, 1.165) is 0 Å². The van der Waals surface area contributed by atoms with Crippen LogP contribution in [-0.2, 0) is 10.0 Å². The maximum absolute atomic E-state index is 13.4. The van der Waals surface area contributed by atoms with Gasteiger partial charge in [-0.3, -0.25) is 9.71 Å². The Labute approximate surface area is 201 Å². The number of hydrogen-bond acceptors (Lipinski definition) is 7. The molecular weight excluding hydrogens is 470 g/mol. The van der Waals surface area contributed by atoms with Crippen LogP contribution in [0.4, 0.5) is 5.69 Å². The molecule has 176 valence electrons. The van der Waals surface area contributed by atoms with E-state index in [1.807, 2.05) is 0 Å². The molecule has 2 aromatic carbocycles. The fraction of sp³-hybridized carbons (Fsp3) is 0.0800. The number of sulfonamides is 1. The van der Waals surface area contributed by atoms with Gasteiger partial charge in [0, 0.05) is 23.3 Å². The van der Waals surface area contributed by atoms with Crippen LogP contribution in [0.2, 0.25) is 0 Å². The Morgan fingerprint density at radius 3 is 2.51 bits per heavy atom. The van der Waals surface area contributed by atoms with Crippen LogP contribution < -0.4 is 14.2 Å². The average Bonchev–Trinajstić information content (AvgIpc) is 2.87. The number of aromatic nitrogens is 2. The third-order valence-electron chi connectivity index (χ3n) is 5.00. The second-order valence-electron chi connectivity index (χ2n) is 7.17. The number of ether oxygens (including phenoxy) is 2. The lowest BCUT2D eigenvalue weighted by atomic mass is 10.1. The molecule has 10 heteroatoms. The van der Waals surface area contributed by atoms with E-state index in [-0.39, 0.29) is 21.8 Å². The summed E-state index contributed by atoms with van der Waals surface area (Å²) in [5.74, 6) is 5.61. The fourth-order valence-corrected chi connectivity index (χ4v) is 4.53. The Morgan fingerprint density at radius 2 is 1.83 bits per heavy atom. The van der Waals surface area contributed by atoms with Crippen molar-refractivity contribution in [2.75, 3.05) is 18.9 Å². The number of carboxylic acids is 1. The molecule has 4 rings (SSSR count). The largest absolute Gasteiger partial charge is 0.497 e. The highest BCUT2D eigenvalue weighted by Crippen LogP contribution is 2.31. The number of methoxy groups -OCH3 is 2. The predicted octanol–water partition coefficient (Wildman–Crippen LogP) is 3.55. The van der Waals surface area contributed by atoms with Gasteiger partial charge in [-0.05, 0) is 54.6 Å². The third kappa shape index (κ3) is 5.00. The summed E-state index contributed by atoms with van der Waals surface area (Å²) in [6, 6.07) is 14.0. The summed E-state index contributed by atoms with van der Waals surface area (Å²) >= 11 is 0. The van der Waals surface area contributed by atoms with Gasteiger partial charge >= 0.3 is 5.97 Å². The molecule has 0 aliphatic rings. The summed E-state index contributed by atoms with van der Waals surface area (Å²) in [4.78, 5) is 19.0. The minimum Gasteiger partial charge on any atom is -0.497 e. The number of benzene rings is 2. The van der Waals surface area contributed by atoms with Gasteiger partial charge in [0.25, 0.3) is 10.0 Å². The molecule has 2 heterocycles. The number of pyridine rings is 2. The van der Waals surface area contributed by atoms with Crippen molar-refractivity contribution in [2.45, 2.75) is 4.90 Å². The van der Waals surface area contributed by atoms with E-state index in [2.05, 4.69) is 26.5 Å². The van der Waals surface area contributed by atoms with Crippen molar-refractivity contribution in [1.82, 2.24) is 9.97 Å². The van der Waals surface area contributed by atoms with Gasteiger partial charge in [0.1, 0.15) is 22.1 Å². The predicted molar refractivity (Wildman–Crippen MR) is 129 cm³/mol. The molecule has 9 nitrogen and oxygen atoms in total. The Morgan fingerprint density at radius 1 is 1.00 bits per heavy atom. The maximum Gasteiger partial charge on any atom is 0.354 e. The van der Waals surface area contributed by atoms with Crippen molar-refractivity contribution in [3.8, 4) is 23.3 Å². The SMILES string of the molecule is COc1ccc(NS(=O)(=O)c2ccc(OC)c3cccnc23)c(C#Cc2ccc(C(=O)O)nc2)c1. The van der Waals surface area contributed by atoms with Crippen LogP contribution in [0.1, 0.15) is 21.6 Å². The zero-order valence-corrected chi connectivity index (χ0v) is 19.5. The van der Waals surface area contributed by atoms with E-state index < -0.39 is 16.0 Å². The number of aromatic carboxylic acids is 1. The van der Waals surface area contributed by atoms with Crippen molar-refractivity contribution in [3.05, 3.63) is 83.8 Å². The van der Waals surface area contributed by atoms with E-state index >= 15 is 0 Å². The number of carbonyl (C=O) groups is 1. The van der Waals surface area contributed by atoms with Gasteiger partial charge in [0.05, 0.1) is 31.0 Å². The highest BCUT2D eigenvalue weighted by molar-refractivity contribution is 7.93. The topological polar surface area (TPSA) is 128 Å². The van der Waals surface area contributed by atoms with Crippen molar-refractivity contribution >= 4 is 32.6 Å². The van der Waals surface area contributed by atoms with Gasteiger partial charge in [-0.2, -0.15) is 0 Å². The quantitative estimate of drug-likeness (QED) is 0.394. The van der Waals surface area contributed by atoms with Gasteiger partial charge in [-0.1, -0.05) is 11.8 Å². The molecule has 35 heavy (non-hydrogen) atoms. The van der Waals surface area contributed by atoms with Crippen molar-refractivity contribution in [2.24, 2.45) is 0 Å². The Kier molecular flexibility index (Phi) is 6.53. The van der Waals surface area contributed by atoms with Gasteiger partial charge in [-0.25, -0.2) is 18.2 Å². The Balaban J connectivity index is 1.74. The first-order valence-electron chi connectivity index (χ1n) is 10.2. The molecule has 2 aromatic heterocycles.